The SMILES string of the molecule is Cc1cc(-c2nnn(CC(=O)N(CC3CCCO3)C3CCS(=O)(=O)C3)n2)ccc1F. The number of ether oxygens (including phenoxy) is 1. The van der Waals surface area contributed by atoms with Crippen LogP contribution in [0.5, 0.6) is 0 Å². The Kier molecular flexibility index (Phi) is 5.83. The molecule has 2 aliphatic rings. The maximum atomic E-state index is 13.5. The predicted molar refractivity (Wildman–Crippen MR) is 106 cm³/mol. The molecule has 2 unspecified atom stereocenters. The lowest BCUT2D eigenvalue weighted by Gasteiger charge is -2.30. The summed E-state index contributed by atoms with van der Waals surface area (Å²) in [7, 11) is -3.14. The summed E-state index contributed by atoms with van der Waals surface area (Å²) in [6, 6.07) is 4.14. The number of rotatable bonds is 6. The summed E-state index contributed by atoms with van der Waals surface area (Å²) >= 11 is 0. The highest BCUT2D eigenvalue weighted by atomic mass is 32.2. The van der Waals surface area contributed by atoms with E-state index in [-0.39, 0.29) is 41.9 Å². The number of benzene rings is 1. The molecule has 0 N–H and O–H groups in total. The molecule has 1 aromatic carbocycles. The smallest absolute Gasteiger partial charge is 0.246 e. The number of hydrogen-bond donors (Lipinski definition) is 0. The third-order valence-electron chi connectivity index (χ3n) is 5.54. The minimum absolute atomic E-state index is 0.0314. The first-order chi connectivity index (χ1) is 14.3. The van der Waals surface area contributed by atoms with Gasteiger partial charge in [0.1, 0.15) is 12.4 Å². The zero-order valence-electron chi connectivity index (χ0n) is 16.7. The van der Waals surface area contributed by atoms with Crippen LogP contribution >= 0.6 is 0 Å². The van der Waals surface area contributed by atoms with Crippen LogP contribution in [0, 0.1) is 12.7 Å². The number of aryl methyl sites for hydroxylation is 1. The second-order valence-corrected chi connectivity index (χ2v) is 10.1. The molecule has 4 rings (SSSR count). The van der Waals surface area contributed by atoms with Gasteiger partial charge in [-0.1, -0.05) is 0 Å². The van der Waals surface area contributed by atoms with Crippen molar-refractivity contribution in [3.63, 3.8) is 0 Å². The average Bonchev–Trinajstić information content (AvgIpc) is 3.43. The highest BCUT2D eigenvalue weighted by Crippen LogP contribution is 2.22. The van der Waals surface area contributed by atoms with Crippen molar-refractivity contribution in [1.82, 2.24) is 25.1 Å². The quantitative estimate of drug-likeness (QED) is 0.663. The van der Waals surface area contributed by atoms with Crippen molar-refractivity contribution < 1.29 is 22.3 Å². The molecule has 11 heteroatoms. The van der Waals surface area contributed by atoms with Gasteiger partial charge in [-0.3, -0.25) is 4.79 Å². The molecule has 0 spiro atoms. The van der Waals surface area contributed by atoms with Crippen molar-refractivity contribution >= 4 is 15.7 Å². The minimum Gasteiger partial charge on any atom is -0.376 e. The summed E-state index contributed by atoms with van der Waals surface area (Å²) in [4.78, 5) is 15.8. The number of hydrogen-bond acceptors (Lipinski definition) is 7. The Morgan fingerprint density at radius 2 is 2.20 bits per heavy atom. The van der Waals surface area contributed by atoms with Crippen LogP contribution in [-0.4, -0.2) is 76.2 Å². The summed E-state index contributed by atoms with van der Waals surface area (Å²) in [5.74, 6) is -0.247. The zero-order chi connectivity index (χ0) is 21.3. The molecule has 2 saturated heterocycles. The lowest BCUT2D eigenvalue weighted by Crippen LogP contribution is -2.46. The van der Waals surface area contributed by atoms with Crippen molar-refractivity contribution in [1.29, 1.82) is 0 Å². The number of sulfone groups is 1. The zero-order valence-corrected chi connectivity index (χ0v) is 17.5. The molecule has 1 aromatic heterocycles. The fraction of sp³-hybridized carbons (Fsp3) is 0.579. The lowest BCUT2D eigenvalue weighted by molar-refractivity contribution is -0.136. The molecule has 2 aromatic rings. The highest BCUT2D eigenvalue weighted by Gasteiger charge is 2.36. The van der Waals surface area contributed by atoms with Crippen LogP contribution in [0.25, 0.3) is 11.4 Å². The summed E-state index contributed by atoms with van der Waals surface area (Å²) in [5.41, 5.74) is 1.07. The molecule has 9 nitrogen and oxygen atoms in total. The van der Waals surface area contributed by atoms with Crippen molar-refractivity contribution in [3.05, 3.63) is 29.6 Å². The maximum absolute atomic E-state index is 13.5. The van der Waals surface area contributed by atoms with Crippen LogP contribution in [0.2, 0.25) is 0 Å². The Morgan fingerprint density at radius 1 is 1.37 bits per heavy atom. The predicted octanol–water partition coefficient (Wildman–Crippen LogP) is 0.982. The minimum atomic E-state index is -3.14. The Hall–Kier alpha value is -2.40. The van der Waals surface area contributed by atoms with Gasteiger partial charge in [-0.25, -0.2) is 12.8 Å². The Labute approximate surface area is 174 Å². The van der Waals surface area contributed by atoms with Gasteiger partial charge in [0.05, 0.1) is 17.6 Å². The number of carbonyl (C=O) groups excluding carboxylic acids is 1. The van der Waals surface area contributed by atoms with Crippen molar-refractivity contribution in [2.24, 2.45) is 0 Å². The summed E-state index contributed by atoms with van der Waals surface area (Å²) in [5, 5.41) is 12.1. The van der Waals surface area contributed by atoms with Gasteiger partial charge in [0.15, 0.2) is 9.84 Å². The summed E-state index contributed by atoms with van der Waals surface area (Å²) < 4.78 is 43.0. The lowest BCUT2D eigenvalue weighted by atomic mass is 10.1. The van der Waals surface area contributed by atoms with Gasteiger partial charge in [-0.05, 0) is 55.2 Å². The van der Waals surface area contributed by atoms with Crippen LogP contribution in [0.3, 0.4) is 0 Å². The van der Waals surface area contributed by atoms with Gasteiger partial charge in [0, 0.05) is 24.8 Å². The molecule has 2 fully saturated rings. The van der Waals surface area contributed by atoms with Gasteiger partial charge in [-0.2, -0.15) is 4.80 Å². The topological polar surface area (TPSA) is 107 Å². The van der Waals surface area contributed by atoms with Crippen molar-refractivity contribution in [2.45, 2.75) is 44.9 Å². The van der Waals surface area contributed by atoms with E-state index >= 15 is 0 Å². The second-order valence-electron chi connectivity index (χ2n) is 7.85. The average molecular weight is 437 g/mol. The van der Waals surface area contributed by atoms with E-state index < -0.39 is 9.84 Å². The third kappa shape index (κ3) is 4.67. The Morgan fingerprint density at radius 3 is 2.87 bits per heavy atom. The molecule has 162 valence electrons. The van der Waals surface area contributed by atoms with Gasteiger partial charge in [-0.15, -0.1) is 10.2 Å². The number of amides is 1. The second kappa shape index (κ2) is 8.38. The molecule has 0 saturated carbocycles. The van der Waals surface area contributed by atoms with Crippen LogP contribution in [-0.2, 0) is 25.9 Å². The first-order valence-electron chi connectivity index (χ1n) is 9.96. The largest absolute Gasteiger partial charge is 0.376 e. The highest BCUT2D eigenvalue weighted by molar-refractivity contribution is 7.91. The van der Waals surface area contributed by atoms with E-state index in [1.807, 2.05) is 0 Å². The van der Waals surface area contributed by atoms with E-state index in [0.29, 0.717) is 36.5 Å². The van der Waals surface area contributed by atoms with Crippen LogP contribution in [0.4, 0.5) is 4.39 Å². The molecule has 2 atom stereocenters. The van der Waals surface area contributed by atoms with E-state index in [2.05, 4.69) is 15.4 Å². The molecule has 30 heavy (non-hydrogen) atoms. The molecule has 0 radical (unpaired) electrons. The maximum Gasteiger partial charge on any atom is 0.246 e. The fourth-order valence-corrected chi connectivity index (χ4v) is 5.64. The van der Waals surface area contributed by atoms with Gasteiger partial charge >= 0.3 is 0 Å². The Balaban J connectivity index is 1.49. The number of halogens is 1. The molecule has 0 bridgehead atoms. The van der Waals surface area contributed by atoms with E-state index in [1.165, 1.54) is 10.9 Å². The van der Waals surface area contributed by atoms with Crippen LogP contribution in [0.1, 0.15) is 24.8 Å². The number of aromatic nitrogens is 4. The number of tetrazole rings is 1. The molecular formula is C19H24FN5O4S. The Bertz CT molecular complexity index is 1040. The summed E-state index contributed by atoms with van der Waals surface area (Å²) in [6.07, 6.45) is 2.12. The fourth-order valence-electron chi connectivity index (χ4n) is 3.90. The molecule has 1 amide bonds. The van der Waals surface area contributed by atoms with Crippen molar-refractivity contribution in [2.75, 3.05) is 24.7 Å². The van der Waals surface area contributed by atoms with Gasteiger partial charge in [0.25, 0.3) is 0 Å². The van der Waals surface area contributed by atoms with E-state index in [0.717, 1.165) is 12.8 Å². The summed E-state index contributed by atoms with van der Waals surface area (Å²) in [6.45, 7) is 2.50. The molecule has 3 heterocycles. The van der Waals surface area contributed by atoms with Crippen molar-refractivity contribution in [3.8, 4) is 11.4 Å². The number of nitrogens with zero attached hydrogens (tertiary/aromatic N) is 5. The normalized spacial score (nSPS) is 23.0. The third-order valence-corrected chi connectivity index (χ3v) is 7.29. The standard InChI is InChI=1S/C19H24FN5O4S/c1-13-9-14(4-5-17(13)20)19-21-23-25(22-19)11-18(26)24(10-16-3-2-7-29-16)15-6-8-30(27,28)12-15/h4-5,9,15-16H,2-3,6-8,10-12H2,1H3. The first kappa shape index (κ1) is 20.9. The van der Waals surface area contributed by atoms with E-state index in [9.17, 15) is 17.6 Å². The molecular weight excluding hydrogens is 413 g/mol. The number of carbonyl (C=O) groups is 1. The van der Waals surface area contributed by atoms with Gasteiger partial charge in [0.2, 0.25) is 11.7 Å². The van der Waals surface area contributed by atoms with Crippen LogP contribution < -0.4 is 0 Å². The molecule has 2 aliphatic heterocycles. The van der Waals surface area contributed by atoms with Gasteiger partial charge < -0.3 is 9.64 Å². The monoisotopic (exact) mass is 437 g/mol. The van der Waals surface area contributed by atoms with Crippen LogP contribution in [0.15, 0.2) is 18.2 Å². The first-order valence-corrected chi connectivity index (χ1v) is 11.8. The van der Waals surface area contributed by atoms with E-state index in [1.54, 1.807) is 24.0 Å². The molecule has 0 aliphatic carbocycles. The van der Waals surface area contributed by atoms with E-state index in [4.69, 9.17) is 4.74 Å².